The van der Waals surface area contributed by atoms with Crippen LogP contribution in [0.1, 0.15) is 35.0 Å². The number of carbonyl (C=O) groups excluding carboxylic acids is 2. The van der Waals surface area contributed by atoms with E-state index in [9.17, 15) is 9.59 Å². The molecule has 1 aliphatic carbocycles. The van der Waals surface area contributed by atoms with E-state index in [2.05, 4.69) is 10.6 Å². The van der Waals surface area contributed by atoms with Crippen LogP contribution in [0.2, 0.25) is 0 Å². The summed E-state index contributed by atoms with van der Waals surface area (Å²) in [5.74, 6) is 0.695. The van der Waals surface area contributed by atoms with Crippen molar-refractivity contribution in [1.29, 1.82) is 0 Å². The van der Waals surface area contributed by atoms with Crippen LogP contribution in [0.25, 0.3) is 0 Å². The average molecular weight is 390 g/mol. The zero-order chi connectivity index (χ0) is 20.1. The van der Waals surface area contributed by atoms with E-state index < -0.39 is 0 Å². The molecule has 2 N–H and O–H groups in total. The van der Waals surface area contributed by atoms with Crippen LogP contribution in [0.5, 0.6) is 5.75 Å². The van der Waals surface area contributed by atoms with Gasteiger partial charge in [0.05, 0.1) is 12.3 Å². The molecule has 1 heterocycles. The Balaban J connectivity index is 1.32. The van der Waals surface area contributed by atoms with Gasteiger partial charge in [-0.1, -0.05) is 36.4 Å². The molecule has 1 saturated carbocycles. The highest BCUT2D eigenvalue weighted by Crippen LogP contribution is 2.40. The highest BCUT2D eigenvalue weighted by Gasteiger charge is 2.33. The number of carbonyl (C=O) groups is 2. The molecule has 148 valence electrons. The molecule has 1 atom stereocenters. The van der Waals surface area contributed by atoms with Crippen molar-refractivity contribution >= 4 is 17.5 Å². The molecule has 0 bridgehead atoms. The lowest BCUT2D eigenvalue weighted by atomic mass is 10.0. The summed E-state index contributed by atoms with van der Waals surface area (Å²) in [6, 6.07) is 20.2. The van der Waals surface area contributed by atoms with Gasteiger partial charge in [-0.15, -0.1) is 0 Å². The zero-order valence-corrected chi connectivity index (χ0v) is 15.8. The van der Waals surface area contributed by atoms with Gasteiger partial charge in [0.25, 0.3) is 11.8 Å². The van der Waals surface area contributed by atoms with Gasteiger partial charge >= 0.3 is 0 Å². The maximum atomic E-state index is 12.4. The maximum Gasteiger partial charge on any atom is 0.291 e. The number of amides is 2. The highest BCUT2D eigenvalue weighted by molar-refractivity contribution is 6.02. The lowest BCUT2D eigenvalue weighted by molar-refractivity contribution is -0.124. The Labute approximate surface area is 168 Å². The van der Waals surface area contributed by atoms with Crippen molar-refractivity contribution in [3.63, 3.8) is 0 Å². The number of rotatable bonds is 8. The SMILES string of the molecule is O=C(COc1cccc(NC(=O)c2ccco2)c1)NC(c1ccccc1)C1CC1. The molecule has 2 amide bonds. The number of furan rings is 1. The first kappa shape index (κ1) is 18.8. The Morgan fingerprint density at radius 1 is 1.03 bits per heavy atom. The van der Waals surface area contributed by atoms with Crippen molar-refractivity contribution in [1.82, 2.24) is 5.32 Å². The van der Waals surface area contributed by atoms with Crippen molar-refractivity contribution in [3.8, 4) is 5.75 Å². The highest BCUT2D eigenvalue weighted by atomic mass is 16.5. The van der Waals surface area contributed by atoms with Gasteiger partial charge < -0.3 is 19.8 Å². The smallest absolute Gasteiger partial charge is 0.291 e. The normalized spacial score (nSPS) is 14.1. The number of hydrogen-bond acceptors (Lipinski definition) is 4. The minimum Gasteiger partial charge on any atom is -0.484 e. The third kappa shape index (κ3) is 5.04. The molecular formula is C23H22N2O4. The molecule has 2 aromatic carbocycles. The summed E-state index contributed by atoms with van der Waals surface area (Å²) < 4.78 is 10.7. The third-order valence-corrected chi connectivity index (χ3v) is 4.78. The molecule has 6 nitrogen and oxygen atoms in total. The Morgan fingerprint density at radius 2 is 1.86 bits per heavy atom. The molecule has 0 saturated heterocycles. The van der Waals surface area contributed by atoms with Crippen LogP contribution in [-0.4, -0.2) is 18.4 Å². The van der Waals surface area contributed by atoms with Crippen LogP contribution >= 0.6 is 0 Å². The van der Waals surface area contributed by atoms with Crippen LogP contribution in [-0.2, 0) is 4.79 Å². The molecular weight excluding hydrogens is 368 g/mol. The lowest BCUT2D eigenvalue weighted by Gasteiger charge is -2.19. The number of anilines is 1. The molecule has 29 heavy (non-hydrogen) atoms. The van der Waals surface area contributed by atoms with E-state index >= 15 is 0 Å². The molecule has 1 fully saturated rings. The van der Waals surface area contributed by atoms with Gasteiger partial charge in [0.15, 0.2) is 12.4 Å². The summed E-state index contributed by atoms with van der Waals surface area (Å²) >= 11 is 0. The van der Waals surface area contributed by atoms with Gasteiger partial charge in [-0.05, 0) is 48.6 Å². The van der Waals surface area contributed by atoms with Gasteiger partial charge in [-0.25, -0.2) is 0 Å². The molecule has 0 spiro atoms. The van der Waals surface area contributed by atoms with Crippen molar-refractivity contribution in [3.05, 3.63) is 84.3 Å². The van der Waals surface area contributed by atoms with E-state index in [1.54, 1.807) is 36.4 Å². The van der Waals surface area contributed by atoms with Crippen LogP contribution in [0.3, 0.4) is 0 Å². The van der Waals surface area contributed by atoms with Crippen molar-refractivity contribution in [2.24, 2.45) is 5.92 Å². The van der Waals surface area contributed by atoms with Gasteiger partial charge in [0.1, 0.15) is 5.75 Å². The summed E-state index contributed by atoms with van der Waals surface area (Å²) in [5.41, 5.74) is 1.68. The fourth-order valence-electron chi connectivity index (χ4n) is 3.19. The van der Waals surface area contributed by atoms with Crippen LogP contribution < -0.4 is 15.4 Å². The van der Waals surface area contributed by atoms with Gasteiger partial charge in [-0.3, -0.25) is 9.59 Å². The predicted octanol–water partition coefficient (Wildman–Crippen LogP) is 4.18. The van der Waals surface area contributed by atoms with E-state index in [-0.39, 0.29) is 30.2 Å². The first-order chi connectivity index (χ1) is 14.2. The molecule has 1 unspecified atom stereocenters. The number of hydrogen-bond donors (Lipinski definition) is 2. The Bertz CT molecular complexity index is 966. The fraction of sp³-hybridized carbons (Fsp3) is 0.217. The quantitative estimate of drug-likeness (QED) is 0.605. The number of ether oxygens (including phenoxy) is 1. The van der Waals surface area contributed by atoms with Crippen LogP contribution in [0.4, 0.5) is 5.69 Å². The summed E-state index contributed by atoms with van der Waals surface area (Å²) in [5, 5.41) is 5.82. The van der Waals surface area contributed by atoms with Crippen LogP contribution in [0, 0.1) is 5.92 Å². The molecule has 4 rings (SSSR count). The third-order valence-electron chi connectivity index (χ3n) is 4.78. The minimum absolute atomic E-state index is 0.0196. The molecule has 3 aromatic rings. The molecule has 0 aliphatic heterocycles. The first-order valence-corrected chi connectivity index (χ1v) is 9.61. The molecule has 1 aliphatic rings. The standard InChI is InChI=1S/C23H22N2O4/c26-21(25-22(17-11-12-17)16-6-2-1-3-7-16)15-29-19-9-4-8-18(14-19)24-23(27)20-10-5-13-28-20/h1-10,13-14,17,22H,11-12,15H2,(H,24,27)(H,25,26). The predicted molar refractivity (Wildman–Crippen MR) is 109 cm³/mol. The van der Waals surface area contributed by atoms with Crippen molar-refractivity contribution in [2.45, 2.75) is 18.9 Å². The van der Waals surface area contributed by atoms with E-state index in [0.717, 1.165) is 18.4 Å². The summed E-state index contributed by atoms with van der Waals surface area (Å²) in [7, 11) is 0. The maximum absolute atomic E-state index is 12.4. The topological polar surface area (TPSA) is 80.6 Å². The zero-order valence-electron chi connectivity index (χ0n) is 15.8. The molecule has 6 heteroatoms. The molecule has 0 radical (unpaired) electrons. The summed E-state index contributed by atoms with van der Waals surface area (Å²) in [6.45, 7) is -0.0916. The second-order valence-corrected chi connectivity index (χ2v) is 7.04. The lowest BCUT2D eigenvalue weighted by Crippen LogP contribution is -2.33. The van der Waals surface area contributed by atoms with Gasteiger partial charge in [0.2, 0.25) is 0 Å². The second-order valence-electron chi connectivity index (χ2n) is 7.04. The fourth-order valence-corrected chi connectivity index (χ4v) is 3.19. The Kier molecular flexibility index (Phi) is 5.61. The average Bonchev–Trinajstić information content (AvgIpc) is 3.43. The van der Waals surface area contributed by atoms with E-state index in [4.69, 9.17) is 9.15 Å². The Hall–Kier alpha value is -3.54. The van der Waals surface area contributed by atoms with E-state index in [1.807, 2.05) is 30.3 Å². The van der Waals surface area contributed by atoms with Gasteiger partial charge in [-0.2, -0.15) is 0 Å². The minimum atomic E-state index is -0.347. The van der Waals surface area contributed by atoms with Gasteiger partial charge in [0, 0.05) is 11.8 Å². The largest absolute Gasteiger partial charge is 0.484 e. The monoisotopic (exact) mass is 390 g/mol. The van der Waals surface area contributed by atoms with Crippen molar-refractivity contribution < 1.29 is 18.7 Å². The second kappa shape index (κ2) is 8.65. The van der Waals surface area contributed by atoms with E-state index in [0.29, 0.717) is 17.4 Å². The Morgan fingerprint density at radius 3 is 2.59 bits per heavy atom. The van der Waals surface area contributed by atoms with Crippen LogP contribution in [0.15, 0.2) is 77.4 Å². The van der Waals surface area contributed by atoms with Crippen molar-refractivity contribution in [2.75, 3.05) is 11.9 Å². The number of benzene rings is 2. The molecule has 1 aromatic heterocycles. The number of nitrogens with one attached hydrogen (secondary N) is 2. The summed E-state index contributed by atoms with van der Waals surface area (Å²) in [4.78, 5) is 24.5. The first-order valence-electron chi connectivity index (χ1n) is 9.61. The van der Waals surface area contributed by atoms with E-state index in [1.165, 1.54) is 6.26 Å². The summed E-state index contributed by atoms with van der Waals surface area (Å²) in [6.07, 6.45) is 3.69.